The number of benzene rings is 2. The molecule has 0 aromatic heterocycles. The van der Waals surface area contributed by atoms with Crippen molar-refractivity contribution in [2.45, 2.75) is 95.2 Å². The van der Waals surface area contributed by atoms with Crippen molar-refractivity contribution >= 4 is 11.6 Å². The van der Waals surface area contributed by atoms with Crippen molar-refractivity contribution in [1.82, 2.24) is 10.6 Å². The predicted octanol–water partition coefficient (Wildman–Crippen LogP) is 5.77. The quantitative estimate of drug-likeness (QED) is 0.559. The van der Waals surface area contributed by atoms with Crippen LogP contribution >= 0.6 is 0 Å². The van der Waals surface area contributed by atoms with Gasteiger partial charge in [0.2, 0.25) is 5.91 Å². The van der Waals surface area contributed by atoms with Crippen LogP contribution in [0.1, 0.15) is 82.8 Å². The van der Waals surface area contributed by atoms with Crippen LogP contribution in [-0.2, 0) is 10.2 Å². The number of para-hydroxylation sites is 1. The van der Waals surface area contributed by atoms with Crippen molar-refractivity contribution in [3.05, 3.63) is 65.7 Å². The molecule has 0 saturated heterocycles. The number of rotatable bonds is 6. The number of anilines is 1. The topological polar surface area (TPSA) is 44.4 Å². The molecule has 3 aliphatic rings. The molecule has 35 heavy (non-hydrogen) atoms. The van der Waals surface area contributed by atoms with E-state index in [2.05, 4.69) is 97.9 Å². The van der Waals surface area contributed by atoms with E-state index >= 15 is 0 Å². The number of nitrogens with one attached hydrogen (secondary N) is 2. The van der Waals surface area contributed by atoms with Crippen LogP contribution in [0.2, 0.25) is 0 Å². The maximum absolute atomic E-state index is 12.9. The van der Waals surface area contributed by atoms with Crippen LogP contribution in [0.3, 0.4) is 0 Å². The number of carbonyl (C=O) groups is 1. The monoisotopic (exact) mass is 473 g/mol. The molecule has 188 valence electrons. The summed E-state index contributed by atoms with van der Waals surface area (Å²) in [6, 6.07) is 21.0. The van der Waals surface area contributed by atoms with E-state index in [-0.39, 0.29) is 22.8 Å². The fourth-order valence-electron chi connectivity index (χ4n) is 7.50. The summed E-state index contributed by atoms with van der Waals surface area (Å²) in [5, 5.41) is 7.08. The third kappa shape index (κ3) is 4.50. The van der Waals surface area contributed by atoms with Crippen LogP contribution < -0.4 is 15.5 Å². The van der Waals surface area contributed by atoms with Gasteiger partial charge in [0.05, 0.1) is 0 Å². The Morgan fingerprint density at radius 1 is 0.943 bits per heavy atom. The van der Waals surface area contributed by atoms with Gasteiger partial charge in [-0.05, 0) is 67.1 Å². The fourth-order valence-corrected chi connectivity index (χ4v) is 7.50. The van der Waals surface area contributed by atoms with Gasteiger partial charge in [-0.2, -0.15) is 0 Å². The van der Waals surface area contributed by atoms with Gasteiger partial charge < -0.3 is 15.5 Å². The lowest BCUT2D eigenvalue weighted by atomic mass is 9.54. The van der Waals surface area contributed by atoms with E-state index in [9.17, 15) is 4.79 Å². The molecular weight excluding hydrogens is 430 g/mol. The first-order valence-corrected chi connectivity index (χ1v) is 13.7. The van der Waals surface area contributed by atoms with Gasteiger partial charge in [0.15, 0.2) is 0 Å². The molecule has 4 heteroatoms. The van der Waals surface area contributed by atoms with Crippen LogP contribution in [0.4, 0.5) is 5.69 Å². The van der Waals surface area contributed by atoms with E-state index in [1.54, 1.807) is 0 Å². The molecule has 1 heterocycles. The Balaban J connectivity index is 1.10. The van der Waals surface area contributed by atoms with Crippen LogP contribution in [0.15, 0.2) is 54.6 Å². The van der Waals surface area contributed by atoms with E-state index in [4.69, 9.17) is 0 Å². The van der Waals surface area contributed by atoms with Gasteiger partial charge in [-0.3, -0.25) is 4.79 Å². The number of amides is 1. The molecule has 2 saturated carbocycles. The maximum Gasteiger partial charge on any atom is 0.221 e. The first kappa shape index (κ1) is 24.4. The first-order valence-electron chi connectivity index (χ1n) is 13.7. The second-order valence-corrected chi connectivity index (χ2v) is 12.1. The number of likely N-dealkylation sites (N-methyl/N-ethyl adjacent to an activating group) is 1. The maximum atomic E-state index is 12.9. The Kier molecular flexibility index (Phi) is 6.69. The summed E-state index contributed by atoms with van der Waals surface area (Å²) < 4.78 is 0. The van der Waals surface area contributed by atoms with Crippen LogP contribution in [0, 0.1) is 5.41 Å². The molecule has 0 spiro atoms. The Morgan fingerprint density at radius 2 is 1.63 bits per heavy atom. The number of hydrogen-bond donors (Lipinski definition) is 2. The highest BCUT2D eigenvalue weighted by Crippen LogP contribution is 2.59. The van der Waals surface area contributed by atoms with E-state index in [1.165, 1.54) is 42.5 Å². The van der Waals surface area contributed by atoms with Crippen molar-refractivity contribution < 1.29 is 4.79 Å². The standard InChI is InChI=1S/C31H43N3O/c1-30(2)21-25(20-28-31(30,3)26-12-8-9-13-27(26)34(28)4)33-29(35)18-19-32-24-16-14-23(15-17-24)22-10-6-5-7-11-22/h5-13,23-25,28,32H,14-21H2,1-4H3,(H,33,35)/t23-,24-,25-,28?,31?/m1/s1. The zero-order chi connectivity index (χ0) is 24.6. The molecule has 2 unspecified atom stereocenters. The lowest BCUT2D eigenvalue weighted by Crippen LogP contribution is -2.59. The molecule has 1 amide bonds. The smallest absolute Gasteiger partial charge is 0.221 e. The van der Waals surface area contributed by atoms with Gasteiger partial charge in [-0.1, -0.05) is 69.3 Å². The van der Waals surface area contributed by atoms with Crippen molar-refractivity contribution in [3.63, 3.8) is 0 Å². The minimum atomic E-state index is 0.0969. The second kappa shape index (κ2) is 9.61. The molecule has 2 N–H and O–H groups in total. The molecule has 4 nitrogen and oxygen atoms in total. The molecule has 2 aromatic rings. The van der Waals surface area contributed by atoms with Crippen molar-refractivity contribution in [2.75, 3.05) is 18.5 Å². The highest BCUT2D eigenvalue weighted by atomic mass is 16.1. The molecule has 5 rings (SSSR count). The summed E-state index contributed by atoms with van der Waals surface area (Å²) in [4.78, 5) is 15.4. The third-order valence-corrected chi connectivity index (χ3v) is 9.80. The number of nitrogens with zero attached hydrogens (tertiary/aromatic N) is 1. The highest BCUT2D eigenvalue weighted by Gasteiger charge is 2.58. The summed E-state index contributed by atoms with van der Waals surface area (Å²) >= 11 is 0. The van der Waals surface area contributed by atoms with E-state index in [0.29, 0.717) is 24.4 Å². The molecular formula is C31H43N3O. The van der Waals surface area contributed by atoms with Crippen LogP contribution in [0.25, 0.3) is 0 Å². The fraction of sp³-hybridized carbons (Fsp3) is 0.581. The number of hydrogen-bond acceptors (Lipinski definition) is 3. The summed E-state index contributed by atoms with van der Waals surface area (Å²) in [6.07, 6.45) is 7.46. The van der Waals surface area contributed by atoms with Gasteiger partial charge in [-0.15, -0.1) is 0 Å². The van der Waals surface area contributed by atoms with Gasteiger partial charge in [0.25, 0.3) is 0 Å². The van der Waals surface area contributed by atoms with E-state index in [1.807, 2.05) is 0 Å². The molecule has 3 atom stereocenters. The molecule has 0 bridgehead atoms. The Labute approximate surface area is 211 Å². The lowest BCUT2D eigenvalue weighted by Gasteiger charge is -2.53. The van der Waals surface area contributed by atoms with Crippen LogP contribution in [0.5, 0.6) is 0 Å². The molecule has 0 radical (unpaired) electrons. The van der Waals surface area contributed by atoms with Crippen LogP contribution in [-0.4, -0.2) is 37.6 Å². The van der Waals surface area contributed by atoms with E-state index in [0.717, 1.165) is 19.4 Å². The van der Waals surface area contributed by atoms with E-state index < -0.39 is 0 Å². The molecule has 2 aliphatic carbocycles. The SMILES string of the molecule is CN1c2ccccc2C2(C)C1C[C@@H](NC(=O)CCN[C@H]1CC[C@H](c3ccccc3)CC1)CC2(C)C. The molecule has 1 aliphatic heterocycles. The number of carbonyl (C=O) groups excluding carboxylic acids is 1. The third-order valence-electron chi connectivity index (χ3n) is 9.80. The van der Waals surface area contributed by atoms with Crippen molar-refractivity contribution in [3.8, 4) is 0 Å². The lowest BCUT2D eigenvalue weighted by molar-refractivity contribution is -0.122. The number of fused-ring (bicyclic) bond motifs is 3. The van der Waals surface area contributed by atoms with Crippen molar-refractivity contribution in [1.29, 1.82) is 0 Å². The Morgan fingerprint density at radius 3 is 2.37 bits per heavy atom. The largest absolute Gasteiger partial charge is 0.370 e. The Bertz CT molecular complexity index is 1030. The summed E-state index contributed by atoms with van der Waals surface area (Å²) in [6.45, 7) is 7.99. The van der Waals surface area contributed by atoms with Gasteiger partial charge in [-0.25, -0.2) is 0 Å². The highest BCUT2D eigenvalue weighted by molar-refractivity contribution is 5.76. The average Bonchev–Trinajstić information content (AvgIpc) is 3.08. The summed E-state index contributed by atoms with van der Waals surface area (Å²) in [5.41, 5.74) is 4.50. The second-order valence-electron chi connectivity index (χ2n) is 12.1. The van der Waals surface area contributed by atoms with Gasteiger partial charge >= 0.3 is 0 Å². The summed E-state index contributed by atoms with van der Waals surface area (Å²) in [7, 11) is 2.23. The summed E-state index contributed by atoms with van der Waals surface area (Å²) in [5.74, 6) is 0.885. The minimum absolute atomic E-state index is 0.0969. The van der Waals surface area contributed by atoms with Crippen molar-refractivity contribution in [2.24, 2.45) is 5.41 Å². The normalized spacial score (nSPS) is 31.5. The average molecular weight is 474 g/mol. The predicted molar refractivity (Wildman–Crippen MR) is 145 cm³/mol. The zero-order valence-corrected chi connectivity index (χ0v) is 22.0. The minimum Gasteiger partial charge on any atom is -0.370 e. The first-order chi connectivity index (χ1) is 16.8. The van der Waals surface area contributed by atoms with Gasteiger partial charge in [0, 0.05) is 49.2 Å². The molecule has 2 aromatic carbocycles. The zero-order valence-electron chi connectivity index (χ0n) is 22.0. The molecule has 2 fully saturated rings. The Hall–Kier alpha value is -2.33. The van der Waals surface area contributed by atoms with Gasteiger partial charge in [0.1, 0.15) is 0 Å².